The molecule has 0 saturated carbocycles. The quantitative estimate of drug-likeness (QED) is 0.838. The second-order valence-electron chi connectivity index (χ2n) is 5.33. The van der Waals surface area contributed by atoms with Crippen molar-refractivity contribution >= 4 is 0 Å². The molecule has 0 radical (unpaired) electrons. The van der Waals surface area contributed by atoms with Crippen LogP contribution in [0.4, 0.5) is 0 Å². The monoisotopic (exact) mass is 237 g/mol. The number of ether oxygens (including phenoxy) is 1. The van der Waals surface area contributed by atoms with Gasteiger partial charge in [0.15, 0.2) is 5.82 Å². The van der Waals surface area contributed by atoms with E-state index in [4.69, 9.17) is 9.26 Å². The number of nitrogens with zero attached hydrogens (tertiary/aromatic N) is 2. The van der Waals surface area contributed by atoms with Crippen molar-refractivity contribution in [2.75, 3.05) is 26.3 Å². The Morgan fingerprint density at radius 1 is 1.35 bits per heavy atom. The normalized spacial score (nSPS) is 28.4. The highest BCUT2D eigenvalue weighted by molar-refractivity contribution is 5.07. The highest BCUT2D eigenvalue weighted by Gasteiger charge is 2.35. The Bertz CT molecular complexity index is 379. The summed E-state index contributed by atoms with van der Waals surface area (Å²) in [4.78, 5) is 4.60. The van der Waals surface area contributed by atoms with E-state index in [1.54, 1.807) is 0 Å². The van der Waals surface area contributed by atoms with Crippen LogP contribution in [0.3, 0.4) is 0 Å². The van der Waals surface area contributed by atoms with Gasteiger partial charge in [-0.3, -0.25) is 0 Å². The summed E-state index contributed by atoms with van der Waals surface area (Å²) >= 11 is 0. The standard InChI is InChI=1S/C12H19N3O2/c1-12(3-5-13-6-4-12)11-14-10(15-17-11)9-2-7-16-8-9/h9,13H,2-8H2,1H3. The van der Waals surface area contributed by atoms with Crippen molar-refractivity contribution in [1.29, 1.82) is 0 Å². The zero-order valence-electron chi connectivity index (χ0n) is 10.2. The van der Waals surface area contributed by atoms with Crippen LogP contribution >= 0.6 is 0 Å². The van der Waals surface area contributed by atoms with Crippen LogP contribution in [0.2, 0.25) is 0 Å². The van der Waals surface area contributed by atoms with Crippen LogP contribution in [0, 0.1) is 0 Å². The molecule has 2 aliphatic heterocycles. The van der Waals surface area contributed by atoms with Crippen LogP contribution in [0.1, 0.15) is 43.8 Å². The van der Waals surface area contributed by atoms with Gasteiger partial charge >= 0.3 is 0 Å². The van der Waals surface area contributed by atoms with Crippen molar-refractivity contribution in [3.8, 4) is 0 Å². The minimum Gasteiger partial charge on any atom is -0.381 e. The highest BCUT2D eigenvalue weighted by Crippen LogP contribution is 2.33. The third kappa shape index (κ3) is 2.09. The molecule has 17 heavy (non-hydrogen) atoms. The summed E-state index contributed by atoms with van der Waals surface area (Å²) in [6.07, 6.45) is 3.14. The first-order chi connectivity index (χ1) is 8.28. The summed E-state index contributed by atoms with van der Waals surface area (Å²) in [5, 5.41) is 7.49. The number of rotatable bonds is 2. The molecule has 2 fully saturated rings. The molecule has 0 aromatic carbocycles. The predicted molar refractivity (Wildman–Crippen MR) is 61.9 cm³/mol. The van der Waals surface area contributed by atoms with Crippen molar-refractivity contribution in [3.05, 3.63) is 11.7 Å². The molecule has 1 aromatic heterocycles. The lowest BCUT2D eigenvalue weighted by atomic mass is 9.81. The largest absolute Gasteiger partial charge is 0.381 e. The maximum absolute atomic E-state index is 5.48. The maximum Gasteiger partial charge on any atom is 0.232 e. The molecule has 2 saturated heterocycles. The fourth-order valence-electron chi connectivity index (χ4n) is 2.58. The molecule has 0 aliphatic carbocycles. The van der Waals surface area contributed by atoms with Crippen molar-refractivity contribution in [2.45, 2.75) is 37.5 Å². The Morgan fingerprint density at radius 3 is 2.88 bits per heavy atom. The summed E-state index contributed by atoms with van der Waals surface area (Å²) < 4.78 is 10.8. The Morgan fingerprint density at radius 2 is 2.18 bits per heavy atom. The van der Waals surface area contributed by atoms with Gasteiger partial charge in [0.05, 0.1) is 6.61 Å². The molecule has 1 aromatic rings. The molecule has 1 N–H and O–H groups in total. The third-order valence-electron chi connectivity index (χ3n) is 3.96. The lowest BCUT2D eigenvalue weighted by Gasteiger charge is -2.30. The van der Waals surface area contributed by atoms with Gasteiger partial charge in [-0.2, -0.15) is 4.98 Å². The number of aromatic nitrogens is 2. The van der Waals surface area contributed by atoms with Gasteiger partial charge in [0.1, 0.15) is 0 Å². The summed E-state index contributed by atoms with van der Waals surface area (Å²) in [6.45, 7) is 5.82. The fraction of sp³-hybridized carbons (Fsp3) is 0.833. The Hall–Kier alpha value is -0.940. The minimum absolute atomic E-state index is 0.0515. The Kier molecular flexibility index (Phi) is 2.88. The van der Waals surface area contributed by atoms with Crippen LogP contribution in [-0.2, 0) is 10.2 Å². The summed E-state index contributed by atoms with van der Waals surface area (Å²) in [7, 11) is 0. The second kappa shape index (κ2) is 4.38. The zero-order chi connectivity index (χ0) is 11.7. The smallest absolute Gasteiger partial charge is 0.232 e. The van der Waals surface area contributed by atoms with Crippen molar-refractivity contribution in [3.63, 3.8) is 0 Å². The SMILES string of the molecule is CC1(c2nc(C3CCOC3)no2)CCNCC1. The van der Waals surface area contributed by atoms with Crippen molar-refractivity contribution in [2.24, 2.45) is 0 Å². The summed E-state index contributed by atoms with van der Waals surface area (Å²) in [5.41, 5.74) is 0.0515. The second-order valence-corrected chi connectivity index (χ2v) is 5.33. The van der Waals surface area contributed by atoms with Gasteiger partial charge in [-0.05, 0) is 32.4 Å². The third-order valence-corrected chi connectivity index (χ3v) is 3.96. The van der Waals surface area contributed by atoms with Gasteiger partial charge < -0.3 is 14.6 Å². The topological polar surface area (TPSA) is 60.2 Å². The molecule has 0 bridgehead atoms. The average Bonchev–Trinajstić information content (AvgIpc) is 3.01. The maximum atomic E-state index is 5.48. The van der Waals surface area contributed by atoms with Gasteiger partial charge in [0, 0.05) is 17.9 Å². The van der Waals surface area contributed by atoms with E-state index in [1.807, 2.05) is 0 Å². The molecule has 1 unspecified atom stereocenters. The van der Waals surface area contributed by atoms with Gasteiger partial charge in [0.25, 0.3) is 0 Å². The predicted octanol–water partition coefficient (Wildman–Crippen LogP) is 1.21. The molecule has 3 heterocycles. The number of hydrogen-bond donors (Lipinski definition) is 1. The van der Waals surface area contributed by atoms with Crippen LogP contribution in [-0.4, -0.2) is 36.4 Å². The van der Waals surface area contributed by atoms with Crippen molar-refractivity contribution in [1.82, 2.24) is 15.5 Å². The van der Waals surface area contributed by atoms with Gasteiger partial charge in [0.2, 0.25) is 5.89 Å². The van der Waals surface area contributed by atoms with Gasteiger partial charge in [-0.15, -0.1) is 0 Å². The first-order valence-electron chi connectivity index (χ1n) is 6.40. The van der Waals surface area contributed by atoms with Crippen LogP contribution < -0.4 is 5.32 Å². The zero-order valence-corrected chi connectivity index (χ0v) is 10.2. The van der Waals surface area contributed by atoms with Crippen LogP contribution in [0.15, 0.2) is 4.52 Å². The molecule has 0 spiro atoms. The molecule has 94 valence electrons. The van der Waals surface area contributed by atoms with Crippen LogP contribution in [0.25, 0.3) is 0 Å². The first-order valence-corrected chi connectivity index (χ1v) is 6.40. The van der Waals surface area contributed by atoms with Gasteiger partial charge in [-0.1, -0.05) is 12.1 Å². The summed E-state index contributed by atoms with van der Waals surface area (Å²) in [6, 6.07) is 0. The molecular formula is C12H19N3O2. The number of hydrogen-bond acceptors (Lipinski definition) is 5. The molecule has 5 heteroatoms. The highest BCUT2D eigenvalue weighted by atomic mass is 16.5. The number of piperidine rings is 1. The lowest BCUT2D eigenvalue weighted by molar-refractivity contribution is 0.192. The Labute approximate surface area is 101 Å². The van der Waals surface area contributed by atoms with E-state index in [9.17, 15) is 0 Å². The molecule has 2 aliphatic rings. The fourth-order valence-corrected chi connectivity index (χ4v) is 2.58. The van der Waals surface area contributed by atoms with Crippen molar-refractivity contribution < 1.29 is 9.26 Å². The molecule has 3 rings (SSSR count). The van der Waals surface area contributed by atoms with E-state index in [-0.39, 0.29) is 5.41 Å². The minimum atomic E-state index is 0.0515. The van der Waals surface area contributed by atoms with Gasteiger partial charge in [-0.25, -0.2) is 0 Å². The van der Waals surface area contributed by atoms with E-state index in [0.29, 0.717) is 5.92 Å². The van der Waals surface area contributed by atoms with E-state index in [0.717, 1.165) is 57.3 Å². The summed E-state index contributed by atoms with van der Waals surface area (Å²) in [5.74, 6) is 1.97. The van der Waals surface area contributed by atoms with E-state index in [2.05, 4.69) is 22.4 Å². The van der Waals surface area contributed by atoms with E-state index < -0.39 is 0 Å². The molecule has 1 atom stereocenters. The average molecular weight is 237 g/mol. The molecular weight excluding hydrogens is 218 g/mol. The molecule has 0 amide bonds. The van der Waals surface area contributed by atoms with E-state index in [1.165, 1.54) is 0 Å². The van der Waals surface area contributed by atoms with E-state index >= 15 is 0 Å². The number of nitrogens with one attached hydrogen (secondary N) is 1. The van der Waals surface area contributed by atoms with Crippen LogP contribution in [0.5, 0.6) is 0 Å². The lowest BCUT2D eigenvalue weighted by Crippen LogP contribution is -2.37. The molecule has 5 nitrogen and oxygen atoms in total. The Balaban J connectivity index is 1.78. The first kappa shape index (κ1) is 11.2.